The highest BCUT2D eigenvalue weighted by molar-refractivity contribution is 5.70. The highest BCUT2D eigenvalue weighted by atomic mass is 16.6. The first-order chi connectivity index (χ1) is 10.2. The van der Waals surface area contributed by atoms with Gasteiger partial charge < -0.3 is 10.1 Å². The summed E-state index contributed by atoms with van der Waals surface area (Å²) >= 11 is 0. The van der Waals surface area contributed by atoms with E-state index in [1.807, 2.05) is 37.3 Å². The second-order valence-corrected chi connectivity index (χ2v) is 4.92. The molecule has 3 rings (SSSR count). The van der Waals surface area contributed by atoms with E-state index in [1.165, 1.54) is 0 Å². The first-order valence-electron chi connectivity index (χ1n) is 6.67. The molecule has 1 saturated heterocycles. The molecule has 4 nitrogen and oxygen atoms in total. The molecule has 21 heavy (non-hydrogen) atoms. The summed E-state index contributed by atoms with van der Waals surface area (Å²) in [4.78, 5) is 15.2. The van der Waals surface area contributed by atoms with Crippen LogP contribution in [0.5, 0.6) is 0 Å². The number of cyclic esters (lactones) is 1. The molecule has 1 atom stereocenters. The largest absolute Gasteiger partial charge is 0.447 e. The van der Waals surface area contributed by atoms with Gasteiger partial charge in [0.1, 0.15) is 6.61 Å². The van der Waals surface area contributed by atoms with E-state index in [-0.39, 0.29) is 12.1 Å². The average molecular weight is 278 g/mol. The number of aromatic nitrogens is 1. The Morgan fingerprint density at radius 1 is 1.24 bits per heavy atom. The lowest BCUT2D eigenvalue weighted by Crippen LogP contribution is -2.18. The molecule has 1 aliphatic heterocycles. The third-order valence-corrected chi connectivity index (χ3v) is 3.19. The van der Waals surface area contributed by atoms with E-state index in [0.717, 1.165) is 22.3 Å². The monoisotopic (exact) mass is 278 g/mol. The summed E-state index contributed by atoms with van der Waals surface area (Å²) < 4.78 is 4.91. The van der Waals surface area contributed by atoms with Crippen LogP contribution >= 0.6 is 0 Å². The fraction of sp³-hybridized carbons (Fsp3) is 0.176. The summed E-state index contributed by atoms with van der Waals surface area (Å²) in [6.45, 7) is 2.35. The van der Waals surface area contributed by atoms with Gasteiger partial charge in [-0.15, -0.1) is 0 Å². The molecule has 1 N–H and O–H groups in total. The minimum atomic E-state index is -0.373. The van der Waals surface area contributed by atoms with E-state index in [9.17, 15) is 4.79 Å². The molecule has 0 radical (unpaired) electrons. The molecular formula is C17H14N2O2. The summed E-state index contributed by atoms with van der Waals surface area (Å²) in [5.74, 6) is 6.22. The van der Waals surface area contributed by atoms with Crippen LogP contribution in [0.25, 0.3) is 0 Å². The molecule has 2 heterocycles. The van der Waals surface area contributed by atoms with E-state index in [4.69, 9.17) is 4.74 Å². The fourth-order valence-corrected chi connectivity index (χ4v) is 2.16. The van der Waals surface area contributed by atoms with Crippen molar-refractivity contribution in [3.05, 3.63) is 65.0 Å². The Bertz CT molecular complexity index is 744. The van der Waals surface area contributed by atoms with Crippen molar-refractivity contribution in [2.24, 2.45) is 0 Å². The van der Waals surface area contributed by atoms with Crippen molar-refractivity contribution in [1.29, 1.82) is 0 Å². The Labute approximate surface area is 123 Å². The van der Waals surface area contributed by atoms with Crippen molar-refractivity contribution in [2.75, 3.05) is 6.61 Å². The topological polar surface area (TPSA) is 51.2 Å². The maximum absolute atomic E-state index is 11.1. The molecule has 0 bridgehead atoms. The van der Waals surface area contributed by atoms with Gasteiger partial charge in [-0.25, -0.2) is 4.79 Å². The number of hydrogen-bond acceptors (Lipinski definition) is 3. The van der Waals surface area contributed by atoms with E-state index in [0.29, 0.717) is 6.61 Å². The smallest absolute Gasteiger partial charge is 0.407 e. The van der Waals surface area contributed by atoms with Crippen molar-refractivity contribution in [3.63, 3.8) is 0 Å². The highest BCUT2D eigenvalue weighted by Crippen LogP contribution is 2.18. The molecule has 0 spiro atoms. The maximum atomic E-state index is 11.1. The molecule has 1 fully saturated rings. The van der Waals surface area contributed by atoms with Crippen LogP contribution in [0.2, 0.25) is 0 Å². The molecule has 104 valence electrons. The van der Waals surface area contributed by atoms with Crippen LogP contribution in [0, 0.1) is 18.8 Å². The van der Waals surface area contributed by atoms with Crippen LogP contribution in [0.3, 0.4) is 0 Å². The number of alkyl carbamates (subject to hydrolysis) is 1. The number of nitrogens with zero attached hydrogens (tertiary/aromatic N) is 1. The lowest BCUT2D eigenvalue weighted by atomic mass is 10.0. The quantitative estimate of drug-likeness (QED) is 0.816. The van der Waals surface area contributed by atoms with Crippen molar-refractivity contribution < 1.29 is 9.53 Å². The van der Waals surface area contributed by atoms with Gasteiger partial charge in [0.25, 0.3) is 0 Å². The van der Waals surface area contributed by atoms with Crippen LogP contribution in [0.4, 0.5) is 4.79 Å². The molecule has 1 aromatic heterocycles. The number of amides is 1. The SMILES string of the molecule is Cc1cncc(C#Cc2cccc([C@@H]3COC(=O)N3)c2)c1. The normalized spacial score (nSPS) is 16.6. The number of benzene rings is 1. The molecule has 4 heteroatoms. The van der Waals surface area contributed by atoms with Crippen LogP contribution in [-0.4, -0.2) is 17.7 Å². The van der Waals surface area contributed by atoms with Gasteiger partial charge in [0.05, 0.1) is 6.04 Å². The average Bonchev–Trinajstić information content (AvgIpc) is 2.92. The van der Waals surface area contributed by atoms with E-state index in [2.05, 4.69) is 22.1 Å². The number of aryl methyl sites for hydroxylation is 1. The van der Waals surface area contributed by atoms with Gasteiger partial charge in [0, 0.05) is 23.5 Å². The van der Waals surface area contributed by atoms with Gasteiger partial charge in [-0.1, -0.05) is 24.0 Å². The molecule has 0 saturated carbocycles. The van der Waals surface area contributed by atoms with Gasteiger partial charge in [0.15, 0.2) is 0 Å². The zero-order chi connectivity index (χ0) is 14.7. The molecule has 1 amide bonds. The molecule has 0 aliphatic carbocycles. The summed E-state index contributed by atoms with van der Waals surface area (Å²) in [7, 11) is 0. The van der Waals surface area contributed by atoms with Crippen molar-refractivity contribution >= 4 is 6.09 Å². The molecule has 2 aromatic rings. The van der Waals surface area contributed by atoms with Crippen molar-refractivity contribution in [1.82, 2.24) is 10.3 Å². The van der Waals surface area contributed by atoms with Gasteiger partial charge in [-0.2, -0.15) is 0 Å². The van der Waals surface area contributed by atoms with Gasteiger partial charge in [-0.05, 0) is 36.2 Å². The second-order valence-electron chi connectivity index (χ2n) is 4.92. The number of carbonyl (C=O) groups is 1. The number of pyridine rings is 1. The molecule has 1 aliphatic rings. The lowest BCUT2D eigenvalue weighted by Gasteiger charge is -2.07. The van der Waals surface area contributed by atoms with Gasteiger partial charge >= 0.3 is 6.09 Å². The number of rotatable bonds is 1. The Hall–Kier alpha value is -2.80. The summed E-state index contributed by atoms with van der Waals surface area (Å²) in [5.41, 5.74) is 3.87. The van der Waals surface area contributed by atoms with E-state index in [1.54, 1.807) is 12.4 Å². The highest BCUT2D eigenvalue weighted by Gasteiger charge is 2.23. The van der Waals surface area contributed by atoms with Crippen LogP contribution < -0.4 is 5.32 Å². The molecule has 0 unspecified atom stereocenters. The number of hydrogen-bond donors (Lipinski definition) is 1. The standard InChI is InChI=1S/C17H14N2O2/c1-12-7-14(10-18-9-12)6-5-13-3-2-4-15(8-13)16-11-21-17(20)19-16/h2-4,7-10,16H,11H2,1H3,(H,19,20)/t16-/m0/s1. The Morgan fingerprint density at radius 2 is 2.10 bits per heavy atom. The van der Waals surface area contributed by atoms with E-state index < -0.39 is 0 Å². The number of carbonyl (C=O) groups excluding carboxylic acids is 1. The van der Waals surface area contributed by atoms with Crippen LogP contribution in [-0.2, 0) is 4.74 Å². The Balaban J connectivity index is 1.82. The van der Waals surface area contributed by atoms with Crippen LogP contribution in [0.1, 0.15) is 28.3 Å². The summed E-state index contributed by atoms with van der Waals surface area (Å²) in [6.07, 6.45) is 3.17. The third-order valence-electron chi connectivity index (χ3n) is 3.19. The minimum absolute atomic E-state index is 0.0973. The van der Waals surface area contributed by atoms with Crippen molar-refractivity contribution in [3.8, 4) is 11.8 Å². The number of ether oxygens (including phenoxy) is 1. The van der Waals surface area contributed by atoms with E-state index >= 15 is 0 Å². The Kier molecular flexibility index (Phi) is 3.57. The molecule has 1 aromatic carbocycles. The molecular weight excluding hydrogens is 264 g/mol. The van der Waals surface area contributed by atoms with Gasteiger partial charge in [-0.3, -0.25) is 4.98 Å². The first kappa shape index (κ1) is 13.2. The van der Waals surface area contributed by atoms with Crippen molar-refractivity contribution in [2.45, 2.75) is 13.0 Å². The lowest BCUT2D eigenvalue weighted by molar-refractivity contribution is 0.177. The van der Waals surface area contributed by atoms with Crippen LogP contribution in [0.15, 0.2) is 42.7 Å². The first-order valence-corrected chi connectivity index (χ1v) is 6.67. The zero-order valence-corrected chi connectivity index (χ0v) is 11.6. The minimum Gasteiger partial charge on any atom is -0.447 e. The predicted octanol–water partition coefficient (Wildman–Crippen LogP) is 2.57. The zero-order valence-electron chi connectivity index (χ0n) is 11.6. The summed E-state index contributed by atoms with van der Waals surface area (Å²) in [6, 6.07) is 9.69. The number of nitrogens with one attached hydrogen (secondary N) is 1. The Morgan fingerprint density at radius 3 is 2.86 bits per heavy atom. The fourth-order valence-electron chi connectivity index (χ4n) is 2.16. The summed E-state index contributed by atoms with van der Waals surface area (Å²) in [5, 5.41) is 2.76. The predicted molar refractivity (Wildman–Crippen MR) is 78.6 cm³/mol. The third kappa shape index (κ3) is 3.21. The maximum Gasteiger partial charge on any atom is 0.407 e. The second kappa shape index (κ2) is 5.68. The van der Waals surface area contributed by atoms with Gasteiger partial charge in [0.2, 0.25) is 0 Å².